The van der Waals surface area contributed by atoms with E-state index in [1.54, 1.807) is 35.5 Å². The first-order valence-corrected chi connectivity index (χ1v) is 7.97. The summed E-state index contributed by atoms with van der Waals surface area (Å²) in [6, 6.07) is 1.62. The molecule has 0 atom stereocenters. The van der Waals surface area contributed by atoms with Crippen LogP contribution in [-0.2, 0) is 30.2 Å². The van der Waals surface area contributed by atoms with Gasteiger partial charge in [-0.25, -0.2) is 13.4 Å². The molecule has 0 unspecified atom stereocenters. The maximum Gasteiger partial charge on any atom is 0.252 e. The van der Waals surface area contributed by atoms with Crippen molar-refractivity contribution < 1.29 is 8.42 Å². The third-order valence-electron chi connectivity index (χ3n) is 2.82. The van der Waals surface area contributed by atoms with E-state index in [1.807, 2.05) is 7.05 Å². The van der Waals surface area contributed by atoms with Crippen LogP contribution in [0, 0.1) is 0 Å². The molecule has 19 heavy (non-hydrogen) atoms. The predicted molar refractivity (Wildman–Crippen MR) is 74.1 cm³/mol. The number of aryl methyl sites for hydroxylation is 1. The van der Waals surface area contributed by atoms with Crippen LogP contribution in [0.3, 0.4) is 0 Å². The highest BCUT2D eigenvalue weighted by atomic mass is 32.2. The number of nitrogens with zero attached hydrogens (tertiary/aromatic N) is 3. The van der Waals surface area contributed by atoms with Crippen molar-refractivity contribution in [1.29, 1.82) is 0 Å². The SMILES string of the molecule is CN(Cc1nccn1C)S(=O)(=O)c1cc(CN)cs1. The molecule has 8 heteroatoms. The number of hydrogen-bond donors (Lipinski definition) is 1. The van der Waals surface area contributed by atoms with Gasteiger partial charge in [0.25, 0.3) is 10.0 Å². The molecule has 0 aliphatic carbocycles. The standard InChI is InChI=1S/C11H16N4O2S2/c1-14-4-3-13-10(14)7-15(2)19(16,17)11-5-9(6-12)8-18-11/h3-5,8H,6-7,12H2,1-2H3. The Morgan fingerprint density at radius 2 is 2.26 bits per heavy atom. The van der Waals surface area contributed by atoms with Crippen LogP contribution in [0.15, 0.2) is 28.0 Å². The van der Waals surface area contributed by atoms with Gasteiger partial charge in [-0.15, -0.1) is 11.3 Å². The lowest BCUT2D eigenvalue weighted by atomic mass is 10.4. The molecule has 2 aromatic heterocycles. The van der Waals surface area contributed by atoms with E-state index in [4.69, 9.17) is 5.73 Å². The van der Waals surface area contributed by atoms with Gasteiger partial charge in [-0.3, -0.25) is 0 Å². The molecule has 2 N–H and O–H groups in total. The van der Waals surface area contributed by atoms with E-state index in [-0.39, 0.29) is 6.54 Å². The van der Waals surface area contributed by atoms with Crippen molar-refractivity contribution in [1.82, 2.24) is 13.9 Å². The van der Waals surface area contributed by atoms with Gasteiger partial charge in [0.15, 0.2) is 0 Å². The lowest BCUT2D eigenvalue weighted by Crippen LogP contribution is -2.27. The minimum atomic E-state index is -3.48. The van der Waals surface area contributed by atoms with Gasteiger partial charge in [0, 0.05) is 33.0 Å². The zero-order valence-electron chi connectivity index (χ0n) is 10.8. The van der Waals surface area contributed by atoms with Gasteiger partial charge in [-0.2, -0.15) is 4.31 Å². The van der Waals surface area contributed by atoms with Crippen molar-refractivity contribution in [2.75, 3.05) is 7.05 Å². The Bertz CT molecular complexity index is 660. The average molecular weight is 300 g/mol. The van der Waals surface area contributed by atoms with E-state index in [1.165, 1.54) is 15.6 Å². The van der Waals surface area contributed by atoms with Gasteiger partial charge in [0.05, 0.1) is 6.54 Å². The normalized spacial score (nSPS) is 12.2. The van der Waals surface area contributed by atoms with Crippen molar-refractivity contribution in [3.63, 3.8) is 0 Å². The van der Waals surface area contributed by atoms with Crippen molar-refractivity contribution >= 4 is 21.4 Å². The van der Waals surface area contributed by atoms with Gasteiger partial charge < -0.3 is 10.3 Å². The fourth-order valence-corrected chi connectivity index (χ4v) is 4.14. The lowest BCUT2D eigenvalue weighted by molar-refractivity contribution is 0.452. The second-order valence-corrected chi connectivity index (χ2v) is 7.38. The second-order valence-electron chi connectivity index (χ2n) is 4.19. The smallest absolute Gasteiger partial charge is 0.252 e. The summed E-state index contributed by atoms with van der Waals surface area (Å²) < 4.78 is 28.1. The Morgan fingerprint density at radius 3 is 2.79 bits per heavy atom. The van der Waals surface area contributed by atoms with Gasteiger partial charge in [0.2, 0.25) is 0 Å². The van der Waals surface area contributed by atoms with Gasteiger partial charge in [0.1, 0.15) is 10.0 Å². The largest absolute Gasteiger partial charge is 0.337 e. The van der Waals surface area contributed by atoms with Crippen LogP contribution in [0.4, 0.5) is 0 Å². The predicted octanol–water partition coefficient (Wildman–Crippen LogP) is 0.761. The fourth-order valence-electron chi connectivity index (χ4n) is 1.58. The molecule has 0 saturated heterocycles. The van der Waals surface area contributed by atoms with Crippen LogP contribution in [0.25, 0.3) is 0 Å². The number of sulfonamides is 1. The molecule has 0 bridgehead atoms. The van der Waals surface area contributed by atoms with Gasteiger partial charge in [-0.05, 0) is 17.0 Å². The molecular formula is C11H16N4O2S2. The maximum atomic E-state index is 12.4. The van der Waals surface area contributed by atoms with Crippen LogP contribution in [0.2, 0.25) is 0 Å². The highest BCUT2D eigenvalue weighted by Gasteiger charge is 2.23. The van der Waals surface area contributed by atoms with Crippen LogP contribution in [-0.4, -0.2) is 29.3 Å². The summed E-state index contributed by atoms with van der Waals surface area (Å²) in [5.74, 6) is 0.696. The van der Waals surface area contributed by atoms with Gasteiger partial charge >= 0.3 is 0 Å². The van der Waals surface area contributed by atoms with E-state index in [0.717, 1.165) is 5.56 Å². The molecule has 0 fully saturated rings. The molecule has 0 radical (unpaired) electrons. The number of rotatable bonds is 5. The summed E-state index contributed by atoms with van der Waals surface area (Å²) in [6.45, 7) is 0.580. The molecule has 0 saturated carbocycles. The summed E-state index contributed by atoms with van der Waals surface area (Å²) in [5.41, 5.74) is 6.32. The topological polar surface area (TPSA) is 81.2 Å². The highest BCUT2D eigenvalue weighted by Crippen LogP contribution is 2.23. The molecule has 0 aliphatic heterocycles. The monoisotopic (exact) mass is 300 g/mol. The zero-order chi connectivity index (χ0) is 14.0. The summed E-state index contributed by atoms with van der Waals surface area (Å²) >= 11 is 1.19. The summed E-state index contributed by atoms with van der Waals surface area (Å²) in [6.07, 6.45) is 3.43. The van der Waals surface area contributed by atoms with Crippen LogP contribution in [0.5, 0.6) is 0 Å². The molecule has 0 spiro atoms. The first kappa shape index (κ1) is 14.2. The Kier molecular flexibility index (Phi) is 4.04. The molecule has 2 heterocycles. The van der Waals surface area contributed by atoms with E-state index in [9.17, 15) is 8.42 Å². The number of hydrogen-bond acceptors (Lipinski definition) is 5. The van der Waals surface area contributed by atoms with E-state index in [0.29, 0.717) is 16.6 Å². The molecular weight excluding hydrogens is 284 g/mol. The fraction of sp³-hybridized carbons (Fsp3) is 0.364. The quantitative estimate of drug-likeness (QED) is 0.884. The molecule has 0 aromatic carbocycles. The number of aromatic nitrogens is 2. The number of thiophene rings is 1. The Balaban J connectivity index is 2.22. The van der Waals surface area contributed by atoms with Gasteiger partial charge in [-0.1, -0.05) is 0 Å². The maximum absolute atomic E-state index is 12.4. The van der Waals surface area contributed by atoms with Crippen LogP contribution >= 0.6 is 11.3 Å². The van der Waals surface area contributed by atoms with Crippen molar-refractivity contribution in [3.05, 3.63) is 35.2 Å². The minimum absolute atomic E-state index is 0.238. The minimum Gasteiger partial charge on any atom is -0.337 e. The third kappa shape index (κ3) is 2.86. The molecule has 104 valence electrons. The summed E-state index contributed by atoms with van der Waals surface area (Å²) in [5, 5.41) is 1.77. The van der Waals surface area contributed by atoms with Crippen molar-refractivity contribution in [2.24, 2.45) is 12.8 Å². The molecule has 2 rings (SSSR count). The molecule has 6 nitrogen and oxygen atoms in total. The van der Waals surface area contributed by atoms with E-state index < -0.39 is 10.0 Å². The number of nitrogens with two attached hydrogens (primary N) is 1. The van der Waals surface area contributed by atoms with E-state index >= 15 is 0 Å². The first-order chi connectivity index (χ1) is 8.95. The number of imidazole rings is 1. The highest BCUT2D eigenvalue weighted by molar-refractivity contribution is 7.91. The Labute approximate surface area is 116 Å². The lowest BCUT2D eigenvalue weighted by Gasteiger charge is -2.15. The van der Waals surface area contributed by atoms with Crippen molar-refractivity contribution in [2.45, 2.75) is 17.3 Å². The molecule has 0 aliphatic rings. The Hall–Kier alpha value is -1.22. The average Bonchev–Trinajstić information content (AvgIpc) is 2.99. The summed E-state index contributed by atoms with van der Waals surface area (Å²) in [4.78, 5) is 4.12. The first-order valence-electron chi connectivity index (χ1n) is 5.65. The van der Waals surface area contributed by atoms with Crippen molar-refractivity contribution in [3.8, 4) is 0 Å². The van der Waals surface area contributed by atoms with Crippen LogP contribution < -0.4 is 5.73 Å². The third-order valence-corrected chi connectivity index (χ3v) is 6.08. The summed E-state index contributed by atoms with van der Waals surface area (Å²) in [7, 11) is -0.0969. The molecule has 0 amide bonds. The van der Waals surface area contributed by atoms with Crippen LogP contribution in [0.1, 0.15) is 11.4 Å². The molecule has 2 aromatic rings. The second kappa shape index (κ2) is 5.41. The van der Waals surface area contributed by atoms with E-state index in [2.05, 4.69) is 4.98 Å². The Morgan fingerprint density at radius 1 is 1.53 bits per heavy atom. The zero-order valence-corrected chi connectivity index (χ0v) is 12.4.